The second-order valence-electron chi connectivity index (χ2n) is 4.39. The molecule has 8 heteroatoms. The van der Waals surface area contributed by atoms with E-state index < -0.39 is 15.6 Å². The number of nitrogens with two attached hydrogens (primary N) is 1. The molecule has 0 saturated carbocycles. The van der Waals surface area contributed by atoms with Crippen molar-refractivity contribution >= 4 is 26.5 Å². The van der Waals surface area contributed by atoms with Crippen LogP contribution in [0, 0.1) is 6.92 Å². The summed E-state index contributed by atoms with van der Waals surface area (Å²) in [5, 5.41) is 0.260. The Morgan fingerprint density at radius 1 is 1.59 bits per heavy atom. The molecule has 2 heterocycles. The first-order valence-electron chi connectivity index (χ1n) is 5.17. The maximum absolute atomic E-state index is 12.2. The zero-order valence-corrected chi connectivity index (χ0v) is 11.3. The average molecular weight is 277 g/mol. The van der Waals surface area contributed by atoms with Crippen LogP contribution in [0.3, 0.4) is 0 Å². The molecule has 6 nitrogen and oxygen atoms in total. The molecule has 1 aliphatic rings. The van der Waals surface area contributed by atoms with E-state index in [-0.39, 0.29) is 9.34 Å². The summed E-state index contributed by atoms with van der Waals surface area (Å²) < 4.78 is 32.4. The van der Waals surface area contributed by atoms with Gasteiger partial charge in [-0.2, -0.15) is 0 Å². The van der Waals surface area contributed by atoms with Crippen LogP contribution in [0.1, 0.15) is 19.0 Å². The lowest BCUT2D eigenvalue weighted by molar-refractivity contribution is 0.178. The van der Waals surface area contributed by atoms with Crippen molar-refractivity contribution in [1.82, 2.24) is 9.71 Å². The summed E-state index contributed by atoms with van der Waals surface area (Å²) in [5.74, 6) is 0. The van der Waals surface area contributed by atoms with E-state index in [1.807, 2.05) is 6.92 Å². The number of rotatable bonds is 3. The molecule has 0 radical (unpaired) electrons. The highest BCUT2D eigenvalue weighted by molar-refractivity contribution is 7.91. The molecule has 1 aromatic heterocycles. The van der Waals surface area contributed by atoms with Gasteiger partial charge in [0.15, 0.2) is 9.34 Å². The molecule has 96 valence electrons. The summed E-state index contributed by atoms with van der Waals surface area (Å²) in [5.41, 5.74) is 5.40. The zero-order valence-electron chi connectivity index (χ0n) is 9.69. The number of anilines is 1. The standard InChI is InChI=1S/C9H15N3O3S2/c1-6-7(16-8(10)11-6)17(13,14)12-9(2)3-4-15-5-9/h12H,3-5H2,1-2H3,(H2,10,11). The molecular formula is C9H15N3O3S2. The number of nitrogens with one attached hydrogen (secondary N) is 1. The van der Waals surface area contributed by atoms with E-state index in [0.717, 1.165) is 11.3 Å². The molecule has 0 amide bonds. The third kappa shape index (κ3) is 2.59. The number of nitrogens with zero attached hydrogens (tertiary/aromatic N) is 1. The van der Waals surface area contributed by atoms with Crippen molar-refractivity contribution in [3.63, 3.8) is 0 Å². The van der Waals surface area contributed by atoms with Gasteiger partial charge < -0.3 is 10.5 Å². The van der Waals surface area contributed by atoms with Gasteiger partial charge in [0.2, 0.25) is 0 Å². The van der Waals surface area contributed by atoms with Crippen molar-refractivity contribution in [2.45, 2.75) is 30.0 Å². The number of ether oxygens (including phenoxy) is 1. The molecule has 1 saturated heterocycles. The molecule has 17 heavy (non-hydrogen) atoms. The Labute approximate surface area is 104 Å². The lowest BCUT2D eigenvalue weighted by atomic mass is 10.0. The monoisotopic (exact) mass is 277 g/mol. The Morgan fingerprint density at radius 3 is 2.76 bits per heavy atom. The smallest absolute Gasteiger partial charge is 0.252 e. The van der Waals surface area contributed by atoms with Gasteiger partial charge in [-0.3, -0.25) is 0 Å². The SMILES string of the molecule is Cc1nc(N)sc1S(=O)(=O)NC1(C)CCOC1. The summed E-state index contributed by atoms with van der Waals surface area (Å²) in [6.07, 6.45) is 0.666. The average Bonchev–Trinajstić information content (AvgIpc) is 2.72. The van der Waals surface area contributed by atoms with E-state index in [0.29, 0.717) is 25.3 Å². The topological polar surface area (TPSA) is 94.3 Å². The Bertz CT molecular complexity index is 518. The number of sulfonamides is 1. The molecule has 0 spiro atoms. The molecule has 0 aliphatic carbocycles. The van der Waals surface area contributed by atoms with Gasteiger partial charge in [-0.15, -0.1) is 0 Å². The second-order valence-corrected chi connectivity index (χ2v) is 7.30. The fraction of sp³-hybridized carbons (Fsp3) is 0.667. The van der Waals surface area contributed by atoms with Crippen LogP contribution in [0.2, 0.25) is 0 Å². The number of nitrogen functional groups attached to an aromatic ring is 1. The maximum atomic E-state index is 12.2. The van der Waals surface area contributed by atoms with Gasteiger partial charge in [-0.25, -0.2) is 18.1 Å². The van der Waals surface area contributed by atoms with Crippen LogP contribution in [0.25, 0.3) is 0 Å². The lowest BCUT2D eigenvalue weighted by Gasteiger charge is -2.22. The lowest BCUT2D eigenvalue weighted by Crippen LogP contribution is -2.46. The Balaban J connectivity index is 2.28. The van der Waals surface area contributed by atoms with Crippen molar-refractivity contribution < 1.29 is 13.2 Å². The van der Waals surface area contributed by atoms with E-state index in [9.17, 15) is 8.42 Å². The molecular weight excluding hydrogens is 262 g/mol. The third-order valence-corrected chi connectivity index (χ3v) is 5.85. The summed E-state index contributed by atoms with van der Waals surface area (Å²) in [6.45, 7) is 4.43. The van der Waals surface area contributed by atoms with Crippen molar-refractivity contribution in [2.24, 2.45) is 0 Å². The maximum Gasteiger partial charge on any atom is 0.252 e. The molecule has 0 aromatic carbocycles. The van der Waals surface area contributed by atoms with Gasteiger partial charge in [0.1, 0.15) is 0 Å². The Morgan fingerprint density at radius 2 is 2.29 bits per heavy atom. The summed E-state index contributed by atoms with van der Waals surface area (Å²) in [4.78, 5) is 3.92. The van der Waals surface area contributed by atoms with Crippen LogP contribution in [0.4, 0.5) is 5.13 Å². The summed E-state index contributed by atoms with van der Waals surface area (Å²) in [7, 11) is -3.57. The second kappa shape index (κ2) is 4.20. The molecule has 1 aromatic rings. The van der Waals surface area contributed by atoms with Crippen LogP contribution < -0.4 is 10.5 Å². The fourth-order valence-electron chi connectivity index (χ4n) is 1.77. The molecule has 1 fully saturated rings. The zero-order chi connectivity index (χ0) is 12.7. The van der Waals surface area contributed by atoms with Gasteiger partial charge in [0.05, 0.1) is 17.8 Å². The Kier molecular flexibility index (Phi) is 3.15. The van der Waals surface area contributed by atoms with Crippen LogP contribution in [0.5, 0.6) is 0 Å². The predicted molar refractivity (Wildman–Crippen MR) is 65.4 cm³/mol. The quantitative estimate of drug-likeness (QED) is 0.838. The highest BCUT2D eigenvalue weighted by Gasteiger charge is 2.36. The molecule has 1 aliphatic heterocycles. The number of aryl methyl sites for hydroxylation is 1. The van der Waals surface area contributed by atoms with E-state index in [1.54, 1.807) is 6.92 Å². The van der Waals surface area contributed by atoms with E-state index in [2.05, 4.69) is 9.71 Å². The van der Waals surface area contributed by atoms with Crippen LogP contribution in [-0.4, -0.2) is 32.2 Å². The van der Waals surface area contributed by atoms with Crippen molar-refractivity contribution in [2.75, 3.05) is 18.9 Å². The molecule has 3 N–H and O–H groups in total. The van der Waals surface area contributed by atoms with Gasteiger partial charge in [-0.05, 0) is 20.3 Å². The predicted octanol–water partition coefficient (Wildman–Crippen LogP) is 0.491. The summed E-state index contributed by atoms with van der Waals surface area (Å²) >= 11 is 0.979. The first-order chi connectivity index (χ1) is 7.82. The highest BCUT2D eigenvalue weighted by Crippen LogP contribution is 2.27. The molecule has 1 unspecified atom stereocenters. The van der Waals surface area contributed by atoms with Crippen LogP contribution in [-0.2, 0) is 14.8 Å². The number of hydrogen-bond acceptors (Lipinski definition) is 6. The summed E-state index contributed by atoms with van der Waals surface area (Å²) in [6, 6.07) is 0. The van der Waals surface area contributed by atoms with Gasteiger partial charge in [0.25, 0.3) is 10.0 Å². The van der Waals surface area contributed by atoms with Gasteiger partial charge in [-0.1, -0.05) is 11.3 Å². The normalized spacial score (nSPS) is 25.3. The van der Waals surface area contributed by atoms with Gasteiger partial charge >= 0.3 is 0 Å². The number of hydrogen-bond donors (Lipinski definition) is 2. The number of thiazole rings is 1. The highest BCUT2D eigenvalue weighted by atomic mass is 32.2. The van der Waals surface area contributed by atoms with Crippen LogP contribution in [0.15, 0.2) is 4.21 Å². The largest absolute Gasteiger partial charge is 0.379 e. The van der Waals surface area contributed by atoms with Gasteiger partial charge in [0, 0.05) is 6.61 Å². The minimum atomic E-state index is -3.57. The molecule has 2 rings (SSSR count). The van der Waals surface area contributed by atoms with Crippen LogP contribution >= 0.6 is 11.3 Å². The molecule has 1 atom stereocenters. The first kappa shape index (κ1) is 12.7. The third-order valence-electron chi connectivity index (χ3n) is 2.61. The Hall–Kier alpha value is -0.700. The van der Waals surface area contributed by atoms with E-state index >= 15 is 0 Å². The van der Waals surface area contributed by atoms with E-state index in [4.69, 9.17) is 10.5 Å². The fourth-order valence-corrected chi connectivity index (χ4v) is 4.49. The minimum absolute atomic E-state index is 0.183. The first-order valence-corrected chi connectivity index (χ1v) is 7.47. The van der Waals surface area contributed by atoms with Crippen molar-refractivity contribution in [3.05, 3.63) is 5.69 Å². The number of aromatic nitrogens is 1. The van der Waals surface area contributed by atoms with Crippen molar-refractivity contribution in [1.29, 1.82) is 0 Å². The molecule has 0 bridgehead atoms. The van der Waals surface area contributed by atoms with Crippen molar-refractivity contribution in [3.8, 4) is 0 Å². The van der Waals surface area contributed by atoms with E-state index in [1.165, 1.54) is 0 Å². The minimum Gasteiger partial charge on any atom is -0.379 e.